The Bertz CT molecular complexity index is 528. The highest BCUT2D eigenvalue weighted by molar-refractivity contribution is 9.11. The van der Waals surface area contributed by atoms with Crippen molar-refractivity contribution in [2.75, 3.05) is 13.7 Å². The van der Waals surface area contributed by atoms with E-state index in [1.807, 2.05) is 0 Å². The van der Waals surface area contributed by atoms with Gasteiger partial charge in [0.05, 0.1) is 7.11 Å². The Kier molecular flexibility index (Phi) is 5.18. The Hall–Kier alpha value is -0.370. The van der Waals surface area contributed by atoms with E-state index in [0.717, 1.165) is 0 Å². The molecule has 0 saturated carbocycles. The summed E-state index contributed by atoms with van der Waals surface area (Å²) in [5, 5.41) is 0. The molecular formula is C10H11Br2NO3S. The fraction of sp³-hybridized carbons (Fsp3) is 0.200. The van der Waals surface area contributed by atoms with Gasteiger partial charge in [-0.1, -0.05) is 38.4 Å². The van der Waals surface area contributed by atoms with Crippen LogP contribution < -0.4 is 9.46 Å². The van der Waals surface area contributed by atoms with Gasteiger partial charge in [0.25, 0.3) is 0 Å². The zero-order valence-corrected chi connectivity index (χ0v) is 13.0. The van der Waals surface area contributed by atoms with Crippen LogP contribution in [0.5, 0.6) is 5.75 Å². The minimum absolute atomic E-state index is 0.0862. The van der Waals surface area contributed by atoms with Crippen LogP contribution in [0.3, 0.4) is 0 Å². The van der Waals surface area contributed by atoms with E-state index in [9.17, 15) is 8.42 Å². The predicted octanol–water partition coefficient (Wildman–Crippen LogP) is 2.64. The molecule has 0 fully saturated rings. The Labute approximate surface area is 117 Å². The van der Waals surface area contributed by atoms with Crippen molar-refractivity contribution in [3.8, 4) is 5.75 Å². The molecule has 0 aliphatic rings. The molecule has 0 aliphatic heterocycles. The van der Waals surface area contributed by atoms with E-state index in [4.69, 9.17) is 4.74 Å². The summed E-state index contributed by atoms with van der Waals surface area (Å²) in [5.74, 6) is 0.292. The third-order valence-electron chi connectivity index (χ3n) is 1.87. The molecule has 0 atom stereocenters. The summed E-state index contributed by atoms with van der Waals surface area (Å²) in [6.45, 7) is 3.68. The molecule has 1 aromatic carbocycles. The predicted molar refractivity (Wildman–Crippen MR) is 73.9 cm³/mol. The van der Waals surface area contributed by atoms with Gasteiger partial charge in [-0.2, -0.15) is 0 Å². The van der Waals surface area contributed by atoms with Crippen LogP contribution >= 0.6 is 31.9 Å². The first-order chi connectivity index (χ1) is 7.86. The molecule has 1 rings (SSSR count). The Morgan fingerprint density at radius 1 is 1.53 bits per heavy atom. The van der Waals surface area contributed by atoms with Gasteiger partial charge in [0, 0.05) is 15.5 Å². The number of hydrogen-bond acceptors (Lipinski definition) is 3. The van der Waals surface area contributed by atoms with E-state index in [0.29, 0.717) is 14.7 Å². The molecule has 0 radical (unpaired) electrons. The van der Waals surface area contributed by atoms with Crippen LogP contribution in [0.25, 0.3) is 0 Å². The lowest BCUT2D eigenvalue weighted by Crippen LogP contribution is -2.25. The molecule has 4 nitrogen and oxygen atoms in total. The van der Waals surface area contributed by atoms with Crippen molar-refractivity contribution in [3.63, 3.8) is 0 Å². The molecule has 0 amide bonds. The van der Waals surface area contributed by atoms with Crippen molar-refractivity contribution >= 4 is 41.9 Å². The number of hydrogen-bond donors (Lipinski definition) is 1. The summed E-state index contributed by atoms with van der Waals surface area (Å²) in [6, 6.07) is 4.78. The van der Waals surface area contributed by atoms with Gasteiger partial charge in [0.15, 0.2) is 0 Å². The summed E-state index contributed by atoms with van der Waals surface area (Å²) in [7, 11) is -2.19. The van der Waals surface area contributed by atoms with Crippen LogP contribution in [0.15, 0.2) is 38.6 Å². The Balaban J connectivity index is 3.13. The fourth-order valence-electron chi connectivity index (χ4n) is 1.11. The lowest BCUT2D eigenvalue weighted by molar-refractivity contribution is 0.402. The molecule has 7 heteroatoms. The van der Waals surface area contributed by atoms with E-state index >= 15 is 0 Å². The SMILES string of the molecule is C=C(Br)CNS(=O)(=O)c1cc(Br)ccc1OC. The number of halogens is 2. The lowest BCUT2D eigenvalue weighted by Gasteiger charge is -2.10. The summed E-state index contributed by atoms with van der Waals surface area (Å²) >= 11 is 6.31. The molecule has 1 N–H and O–H groups in total. The van der Waals surface area contributed by atoms with Crippen LogP contribution in [0.2, 0.25) is 0 Å². The maximum Gasteiger partial charge on any atom is 0.244 e. The topological polar surface area (TPSA) is 55.4 Å². The van der Waals surface area contributed by atoms with Crippen molar-refractivity contribution in [3.05, 3.63) is 33.7 Å². The van der Waals surface area contributed by atoms with E-state index in [-0.39, 0.29) is 11.4 Å². The average Bonchev–Trinajstić information content (AvgIpc) is 2.26. The zero-order valence-electron chi connectivity index (χ0n) is 9.04. The number of ether oxygens (including phenoxy) is 1. The molecule has 17 heavy (non-hydrogen) atoms. The van der Waals surface area contributed by atoms with Crippen molar-refractivity contribution in [2.45, 2.75) is 4.90 Å². The molecule has 0 saturated heterocycles. The zero-order chi connectivity index (χ0) is 13.1. The molecule has 0 heterocycles. The number of rotatable bonds is 5. The van der Waals surface area contributed by atoms with Crippen LogP contribution in [0, 0.1) is 0 Å². The second-order valence-corrected chi connectivity index (χ2v) is 6.91. The van der Waals surface area contributed by atoms with Crippen LogP contribution in [-0.2, 0) is 10.0 Å². The molecule has 0 bridgehead atoms. The molecule has 0 spiro atoms. The first-order valence-electron chi connectivity index (χ1n) is 4.53. The van der Waals surface area contributed by atoms with Gasteiger partial charge in [-0.15, -0.1) is 0 Å². The van der Waals surface area contributed by atoms with Crippen LogP contribution in [-0.4, -0.2) is 22.1 Å². The average molecular weight is 385 g/mol. The molecular weight excluding hydrogens is 374 g/mol. The van der Waals surface area contributed by atoms with E-state index in [1.165, 1.54) is 13.2 Å². The number of methoxy groups -OCH3 is 1. The highest BCUT2D eigenvalue weighted by atomic mass is 79.9. The minimum atomic E-state index is -3.62. The lowest BCUT2D eigenvalue weighted by atomic mass is 10.3. The van der Waals surface area contributed by atoms with E-state index in [1.54, 1.807) is 12.1 Å². The minimum Gasteiger partial charge on any atom is -0.495 e. The second kappa shape index (κ2) is 5.99. The number of benzene rings is 1. The maximum absolute atomic E-state index is 12.0. The van der Waals surface area contributed by atoms with E-state index in [2.05, 4.69) is 43.2 Å². The van der Waals surface area contributed by atoms with Crippen LogP contribution in [0.4, 0.5) is 0 Å². The highest BCUT2D eigenvalue weighted by Gasteiger charge is 2.19. The summed E-state index contributed by atoms with van der Waals surface area (Å²) in [6.07, 6.45) is 0. The first-order valence-corrected chi connectivity index (χ1v) is 7.60. The molecule has 94 valence electrons. The fourth-order valence-corrected chi connectivity index (χ4v) is 3.17. The molecule has 0 aromatic heterocycles. The van der Waals surface area contributed by atoms with Gasteiger partial charge in [-0.05, 0) is 18.2 Å². The van der Waals surface area contributed by atoms with Gasteiger partial charge >= 0.3 is 0 Å². The normalized spacial score (nSPS) is 11.2. The van der Waals surface area contributed by atoms with Gasteiger partial charge in [-0.25, -0.2) is 13.1 Å². The molecule has 1 aromatic rings. The van der Waals surface area contributed by atoms with Gasteiger partial charge < -0.3 is 4.74 Å². The van der Waals surface area contributed by atoms with Crippen LogP contribution in [0.1, 0.15) is 0 Å². The van der Waals surface area contributed by atoms with E-state index < -0.39 is 10.0 Å². The highest BCUT2D eigenvalue weighted by Crippen LogP contribution is 2.27. The largest absolute Gasteiger partial charge is 0.495 e. The second-order valence-electron chi connectivity index (χ2n) is 3.14. The van der Waals surface area contributed by atoms with Crippen molar-refractivity contribution in [1.29, 1.82) is 0 Å². The Morgan fingerprint density at radius 2 is 2.18 bits per heavy atom. The number of nitrogens with one attached hydrogen (secondary N) is 1. The van der Waals surface area contributed by atoms with Crippen molar-refractivity contribution < 1.29 is 13.2 Å². The van der Waals surface area contributed by atoms with Gasteiger partial charge in [-0.3, -0.25) is 0 Å². The molecule has 0 aliphatic carbocycles. The van der Waals surface area contributed by atoms with Crippen molar-refractivity contribution in [2.24, 2.45) is 0 Å². The molecule has 0 unspecified atom stereocenters. The first kappa shape index (κ1) is 14.7. The smallest absolute Gasteiger partial charge is 0.244 e. The summed E-state index contributed by atoms with van der Waals surface area (Å²) in [5.41, 5.74) is 0. The monoisotopic (exact) mass is 383 g/mol. The maximum atomic E-state index is 12.0. The third-order valence-corrected chi connectivity index (χ3v) is 4.07. The Morgan fingerprint density at radius 3 is 2.71 bits per heavy atom. The standard InChI is InChI=1S/C10H11Br2NO3S/c1-7(11)6-13-17(14,15)10-5-8(12)3-4-9(10)16-2/h3-5,13H,1,6H2,2H3. The summed E-state index contributed by atoms with van der Waals surface area (Å²) < 4.78 is 32.6. The van der Waals surface area contributed by atoms with Gasteiger partial charge in [0.2, 0.25) is 10.0 Å². The quantitative estimate of drug-likeness (QED) is 0.848. The van der Waals surface area contributed by atoms with Gasteiger partial charge in [0.1, 0.15) is 10.6 Å². The van der Waals surface area contributed by atoms with Crippen molar-refractivity contribution in [1.82, 2.24) is 4.72 Å². The third kappa shape index (κ3) is 4.09. The number of sulfonamides is 1. The summed E-state index contributed by atoms with van der Waals surface area (Å²) in [4.78, 5) is 0.0862.